The predicted octanol–water partition coefficient (Wildman–Crippen LogP) is 2.99. The molecule has 0 bridgehead atoms. The largest absolute Gasteiger partial charge is 0.306 e. The molecule has 0 aliphatic carbocycles. The third-order valence-electron chi connectivity index (χ3n) is 3.46. The smallest absolute Gasteiger partial charge is 0.00284 e. The first-order chi connectivity index (χ1) is 6.14. The van der Waals surface area contributed by atoms with Crippen LogP contribution in [0.1, 0.15) is 26.2 Å². The van der Waals surface area contributed by atoms with Gasteiger partial charge >= 0.3 is 0 Å². The molecule has 1 aliphatic rings. The van der Waals surface area contributed by atoms with Gasteiger partial charge in [0.05, 0.1) is 0 Å². The van der Waals surface area contributed by atoms with Crippen molar-refractivity contribution < 1.29 is 0 Å². The van der Waals surface area contributed by atoms with E-state index in [1.165, 1.54) is 37.3 Å². The third-order valence-corrected chi connectivity index (χ3v) is 4.38. The fraction of sp³-hybridized carbons (Fsp3) is 0.818. The highest BCUT2D eigenvalue weighted by Crippen LogP contribution is 2.44. The van der Waals surface area contributed by atoms with Crippen LogP contribution in [0.2, 0.25) is 0 Å². The Morgan fingerprint density at radius 3 is 2.38 bits per heavy atom. The molecule has 1 fully saturated rings. The van der Waals surface area contributed by atoms with Crippen LogP contribution in [-0.2, 0) is 0 Å². The van der Waals surface area contributed by atoms with E-state index < -0.39 is 0 Å². The van der Waals surface area contributed by atoms with Crippen molar-refractivity contribution in [3.8, 4) is 0 Å². The quantitative estimate of drug-likeness (QED) is 0.687. The summed E-state index contributed by atoms with van der Waals surface area (Å²) in [7, 11) is 2.21. The van der Waals surface area contributed by atoms with E-state index in [1.54, 1.807) is 0 Å². The third kappa shape index (κ3) is 2.29. The van der Waals surface area contributed by atoms with Gasteiger partial charge in [0.25, 0.3) is 0 Å². The van der Waals surface area contributed by atoms with E-state index in [4.69, 9.17) is 0 Å². The average Bonchev–Trinajstić information content (AvgIpc) is 2.18. The number of thioether (sulfide) groups is 1. The van der Waals surface area contributed by atoms with Crippen molar-refractivity contribution in [2.45, 2.75) is 26.2 Å². The summed E-state index contributed by atoms with van der Waals surface area (Å²) in [6.45, 7) is 8.97. The monoisotopic (exact) mass is 199 g/mol. The molecule has 1 rings (SSSR count). The molecule has 0 N–H and O–H groups in total. The molecular formula is C11H21NS. The molecule has 0 aromatic rings. The number of likely N-dealkylation sites (tertiary alicyclic amines) is 1. The van der Waals surface area contributed by atoms with Gasteiger partial charge in [-0.05, 0) is 50.6 Å². The lowest BCUT2D eigenvalue weighted by atomic mass is 9.76. The van der Waals surface area contributed by atoms with Crippen molar-refractivity contribution in [1.29, 1.82) is 0 Å². The van der Waals surface area contributed by atoms with E-state index in [9.17, 15) is 0 Å². The minimum atomic E-state index is 0.436. The molecule has 1 nitrogen and oxygen atoms in total. The minimum absolute atomic E-state index is 0.436. The molecule has 13 heavy (non-hydrogen) atoms. The standard InChI is InChI=1S/C11H21NS/c1-5-11(10(2)13-4)6-8-12(3)9-7-11/h2,5-9H2,1,3-4H3. The maximum absolute atomic E-state index is 4.21. The van der Waals surface area contributed by atoms with Crippen molar-refractivity contribution in [2.75, 3.05) is 26.4 Å². The molecule has 76 valence electrons. The van der Waals surface area contributed by atoms with Crippen LogP contribution in [0.15, 0.2) is 11.5 Å². The molecule has 0 aromatic carbocycles. The Kier molecular flexibility index (Phi) is 3.87. The first-order valence-corrected chi connectivity index (χ1v) is 6.29. The number of piperidine rings is 1. The Balaban J connectivity index is 2.65. The molecular weight excluding hydrogens is 178 g/mol. The first kappa shape index (κ1) is 11.1. The highest BCUT2D eigenvalue weighted by atomic mass is 32.2. The Morgan fingerprint density at radius 2 is 2.00 bits per heavy atom. The lowest BCUT2D eigenvalue weighted by molar-refractivity contribution is 0.158. The Labute approximate surface area is 86.6 Å². The molecule has 0 aromatic heterocycles. The van der Waals surface area contributed by atoms with Crippen LogP contribution in [0.4, 0.5) is 0 Å². The molecule has 0 atom stereocenters. The van der Waals surface area contributed by atoms with Crippen molar-refractivity contribution in [3.05, 3.63) is 11.5 Å². The number of allylic oxidation sites excluding steroid dienone is 1. The van der Waals surface area contributed by atoms with Crippen LogP contribution in [0, 0.1) is 5.41 Å². The van der Waals surface area contributed by atoms with Crippen molar-refractivity contribution in [1.82, 2.24) is 4.90 Å². The number of rotatable bonds is 3. The summed E-state index contributed by atoms with van der Waals surface area (Å²) in [5, 5.41) is 0. The maximum Gasteiger partial charge on any atom is 0.00284 e. The van der Waals surface area contributed by atoms with Gasteiger partial charge in [-0.15, -0.1) is 11.8 Å². The summed E-state index contributed by atoms with van der Waals surface area (Å²) in [6.07, 6.45) is 5.98. The van der Waals surface area contributed by atoms with E-state index in [1.807, 2.05) is 11.8 Å². The van der Waals surface area contributed by atoms with E-state index in [0.29, 0.717) is 5.41 Å². The fourth-order valence-corrected chi connectivity index (χ4v) is 2.87. The average molecular weight is 199 g/mol. The van der Waals surface area contributed by atoms with Crippen LogP contribution >= 0.6 is 11.8 Å². The highest BCUT2D eigenvalue weighted by molar-refractivity contribution is 8.02. The first-order valence-electron chi connectivity index (χ1n) is 5.06. The second-order valence-electron chi connectivity index (χ2n) is 4.06. The zero-order chi connectivity index (χ0) is 9.90. The highest BCUT2D eigenvalue weighted by Gasteiger charge is 2.34. The van der Waals surface area contributed by atoms with Crippen LogP contribution in [-0.4, -0.2) is 31.3 Å². The minimum Gasteiger partial charge on any atom is -0.306 e. The lowest BCUT2D eigenvalue weighted by Crippen LogP contribution is -2.38. The molecule has 1 aliphatic heterocycles. The van der Waals surface area contributed by atoms with Crippen LogP contribution < -0.4 is 0 Å². The van der Waals surface area contributed by atoms with E-state index in [2.05, 4.69) is 31.7 Å². The Morgan fingerprint density at radius 1 is 1.46 bits per heavy atom. The van der Waals surface area contributed by atoms with Gasteiger partial charge in [-0.3, -0.25) is 0 Å². The molecule has 0 saturated carbocycles. The van der Waals surface area contributed by atoms with E-state index >= 15 is 0 Å². The van der Waals surface area contributed by atoms with Gasteiger partial charge in [0.2, 0.25) is 0 Å². The SMILES string of the molecule is C=C(SC)C1(CC)CCN(C)CC1. The van der Waals surface area contributed by atoms with Gasteiger partial charge in [-0.2, -0.15) is 0 Å². The van der Waals surface area contributed by atoms with Crippen molar-refractivity contribution in [3.63, 3.8) is 0 Å². The zero-order valence-corrected chi connectivity index (χ0v) is 9.91. The summed E-state index contributed by atoms with van der Waals surface area (Å²) in [5.41, 5.74) is 0.436. The lowest BCUT2D eigenvalue weighted by Gasteiger charge is -2.41. The van der Waals surface area contributed by atoms with Gasteiger partial charge in [0, 0.05) is 5.41 Å². The predicted molar refractivity (Wildman–Crippen MR) is 62.1 cm³/mol. The molecule has 1 heterocycles. The summed E-state index contributed by atoms with van der Waals surface area (Å²) in [4.78, 5) is 3.81. The van der Waals surface area contributed by atoms with Crippen LogP contribution in [0.3, 0.4) is 0 Å². The summed E-state index contributed by atoms with van der Waals surface area (Å²) in [6, 6.07) is 0. The van der Waals surface area contributed by atoms with Crippen molar-refractivity contribution >= 4 is 11.8 Å². The molecule has 0 unspecified atom stereocenters. The maximum atomic E-state index is 4.21. The molecule has 0 amide bonds. The van der Waals surface area contributed by atoms with Crippen molar-refractivity contribution in [2.24, 2.45) is 5.41 Å². The second kappa shape index (κ2) is 4.52. The van der Waals surface area contributed by atoms with Crippen LogP contribution in [0.25, 0.3) is 0 Å². The normalized spacial score (nSPS) is 23.0. The molecule has 0 spiro atoms. The number of nitrogens with zero attached hydrogens (tertiary/aromatic N) is 1. The van der Waals surface area contributed by atoms with E-state index in [0.717, 1.165) is 0 Å². The Bertz CT molecular complexity index is 181. The Hall–Kier alpha value is 0.0500. The van der Waals surface area contributed by atoms with Gasteiger partial charge < -0.3 is 4.90 Å². The molecule has 0 radical (unpaired) electrons. The van der Waals surface area contributed by atoms with Gasteiger partial charge in [0.1, 0.15) is 0 Å². The van der Waals surface area contributed by atoms with Gasteiger partial charge in [-0.1, -0.05) is 13.5 Å². The summed E-state index contributed by atoms with van der Waals surface area (Å²) < 4.78 is 0. The van der Waals surface area contributed by atoms with Gasteiger partial charge in [0.15, 0.2) is 0 Å². The number of hydrogen-bond donors (Lipinski definition) is 0. The van der Waals surface area contributed by atoms with Crippen LogP contribution in [0.5, 0.6) is 0 Å². The fourth-order valence-electron chi connectivity index (χ4n) is 2.09. The number of hydrogen-bond acceptors (Lipinski definition) is 2. The zero-order valence-electron chi connectivity index (χ0n) is 9.10. The topological polar surface area (TPSA) is 3.24 Å². The summed E-state index contributed by atoms with van der Waals surface area (Å²) >= 11 is 1.84. The van der Waals surface area contributed by atoms with Gasteiger partial charge in [-0.25, -0.2) is 0 Å². The van der Waals surface area contributed by atoms with E-state index in [-0.39, 0.29) is 0 Å². The molecule has 2 heteroatoms. The molecule has 1 saturated heterocycles. The second-order valence-corrected chi connectivity index (χ2v) is 4.97. The summed E-state index contributed by atoms with van der Waals surface area (Å²) in [5.74, 6) is 0.